The molecule has 6 nitrogen and oxygen atoms in total. The maximum absolute atomic E-state index is 12.9. The van der Waals surface area contributed by atoms with E-state index in [2.05, 4.69) is 4.98 Å². The molecule has 1 aromatic carbocycles. The summed E-state index contributed by atoms with van der Waals surface area (Å²) in [6, 6.07) is 10.9. The van der Waals surface area contributed by atoms with Gasteiger partial charge in [0.1, 0.15) is 10.9 Å². The summed E-state index contributed by atoms with van der Waals surface area (Å²) in [5.74, 6) is 1.06. The third-order valence-electron chi connectivity index (χ3n) is 6.11. The highest BCUT2D eigenvalue weighted by atomic mass is 35.5. The van der Waals surface area contributed by atoms with Gasteiger partial charge >= 0.3 is 0 Å². The van der Waals surface area contributed by atoms with Crippen LogP contribution in [0.2, 0.25) is 5.15 Å². The lowest BCUT2D eigenvalue weighted by atomic mass is 9.97. The van der Waals surface area contributed by atoms with Crippen molar-refractivity contribution in [1.82, 2.24) is 14.8 Å². The van der Waals surface area contributed by atoms with E-state index in [0.717, 1.165) is 38.8 Å². The minimum absolute atomic E-state index is 0.0130. The first-order chi connectivity index (χ1) is 15.1. The molecule has 2 aliphatic rings. The molecule has 31 heavy (non-hydrogen) atoms. The number of likely N-dealkylation sites (tertiary alicyclic amines) is 2. The van der Waals surface area contributed by atoms with Crippen molar-refractivity contribution >= 4 is 23.4 Å². The van der Waals surface area contributed by atoms with Crippen molar-refractivity contribution in [2.24, 2.45) is 5.92 Å². The molecule has 2 aromatic rings. The van der Waals surface area contributed by atoms with E-state index < -0.39 is 0 Å². The number of amides is 2. The monoisotopic (exact) mass is 441 g/mol. The highest BCUT2D eigenvalue weighted by Gasteiger charge is 2.25. The van der Waals surface area contributed by atoms with Crippen molar-refractivity contribution in [3.63, 3.8) is 0 Å². The van der Waals surface area contributed by atoms with Crippen LogP contribution in [0.5, 0.6) is 5.75 Å². The van der Waals surface area contributed by atoms with Crippen LogP contribution in [-0.2, 0) is 0 Å². The number of carbonyl (C=O) groups is 2. The quantitative estimate of drug-likeness (QED) is 0.649. The van der Waals surface area contributed by atoms with Gasteiger partial charge in [-0.2, -0.15) is 0 Å². The number of piperidine rings is 2. The molecule has 2 fully saturated rings. The SMILES string of the molecule is O=C(c1ccc(Cl)nc1)N1CCC(COc2ccccc2C(=O)N2CCCCC2)CC1. The molecule has 0 N–H and O–H groups in total. The summed E-state index contributed by atoms with van der Waals surface area (Å²) < 4.78 is 6.11. The fourth-order valence-electron chi connectivity index (χ4n) is 4.23. The molecule has 0 saturated carbocycles. The molecule has 0 aliphatic carbocycles. The van der Waals surface area contributed by atoms with E-state index in [4.69, 9.17) is 16.3 Å². The molecule has 7 heteroatoms. The Bertz CT molecular complexity index is 905. The normalized spacial score (nSPS) is 17.5. The Labute approximate surface area is 188 Å². The molecule has 4 rings (SSSR count). The molecule has 1 aromatic heterocycles. The average Bonchev–Trinajstić information content (AvgIpc) is 2.83. The number of pyridine rings is 1. The predicted octanol–water partition coefficient (Wildman–Crippen LogP) is 4.29. The Balaban J connectivity index is 1.30. The zero-order valence-corrected chi connectivity index (χ0v) is 18.4. The van der Waals surface area contributed by atoms with Crippen LogP contribution in [0.3, 0.4) is 0 Å². The van der Waals surface area contributed by atoms with Gasteiger partial charge in [-0.3, -0.25) is 9.59 Å². The second-order valence-electron chi connectivity index (χ2n) is 8.27. The van der Waals surface area contributed by atoms with Crippen molar-refractivity contribution in [2.45, 2.75) is 32.1 Å². The minimum Gasteiger partial charge on any atom is -0.492 e. The summed E-state index contributed by atoms with van der Waals surface area (Å²) in [5.41, 5.74) is 1.21. The molecule has 0 spiro atoms. The largest absolute Gasteiger partial charge is 0.492 e. The topological polar surface area (TPSA) is 62.7 Å². The molecule has 2 saturated heterocycles. The Morgan fingerprint density at radius 1 is 0.935 bits per heavy atom. The van der Waals surface area contributed by atoms with Crippen LogP contribution in [-0.4, -0.2) is 59.4 Å². The van der Waals surface area contributed by atoms with E-state index in [0.29, 0.717) is 47.6 Å². The summed E-state index contributed by atoms with van der Waals surface area (Å²) >= 11 is 5.81. The van der Waals surface area contributed by atoms with Crippen LogP contribution < -0.4 is 4.74 Å². The van der Waals surface area contributed by atoms with Crippen LogP contribution in [0, 0.1) is 5.92 Å². The number of rotatable bonds is 5. The number of benzene rings is 1. The van der Waals surface area contributed by atoms with Crippen molar-refractivity contribution in [3.8, 4) is 5.75 Å². The molecular formula is C24H28ClN3O3. The summed E-state index contributed by atoms with van der Waals surface area (Å²) in [6.07, 6.45) is 6.59. The van der Waals surface area contributed by atoms with Gasteiger partial charge < -0.3 is 14.5 Å². The fraction of sp³-hybridized carbons (Fsp3) is 0.458. The number of carbonyl (C=O) groups excluding carboxylic acids is 2. The standard InChI is InChI=1S/C24H28ClN3O3/c25-22-9-8-19(16-26-22)23(29)28-14-10-18(11-15-28)17-31-21-7-3-2-6-20(21)24(30)27-12-4-1-5-13-27/h2-3,6-9,16,18H,1,4-5,10-15,17H2. The van der Waals surface area contributed by atoms with Crippen LogP contribution in [0.1, 0.15) is 52.8 Å². The Kier molecular flexibility index (Phi) is 7.07. The number of hydrogen-bond acceptors (Lipinski definition) is 4. The first-order valence-electron chi connectivity index (χ1n) is 11.0. The Hall–Kier alpha value is -2.60. The zero-order chi connectivity index (χ0) is 21.6. The van der Waals surface area contributed by atoms with Gasteiger partial charge in [0.25, 0.3) is 11.8 Å². The van der Waals surface area contributed by atoms with E-state index in [1.807, 2.05) is 34.1 Å². The molecule has 2 aliphatic heterocycles. The molecule has 0 bridgehead atoms. The molecule has 3 heterocycles. The zero-order valence-electron chi connectivity index (χ0n) is 17.6. The molecular weight excluding hydrogens is 414 g/mol. The van der Waals surface area contributed by atoms with E-state index in [9.17, 15) is 9.59 Å². The van der Waals surface area contributed by atoms with Crippen molar-refractivity contribution < 1.29 is 14.3 Å². The predicted molar refractivity (Wildman–Crippen MR) is 120 cm³/mol. The summed E-state index contributed by atoms with van der Waals surface area (Å²) in [6.45, 7) is 3.56. The number of nitrogens with zero attached hydrogens (tertiary/aromatic N) is 3. The summed E-state index contributed by atoms with van der Waals surface area (Å²) in [7, 11) is 0. The number of ether oxygens (including phenoxy) is 1. The first-order valence-corrected chi connectivity index (χ1v) is 11.4. The average molecular weight is 442 g/mol. The second kappa shape index (κ2) is 10.1. The number of aromatic nitrogens is 1. The van der Waals surface area contributed by atoms with Crippen molar-refractivity contribution in [2.75, 3.05) is 32.8 Å². The van der Waals surface area contributed by atoms with Gasteiger partial charge in [-0.25, -0.2) is 4.98 Å². The van der Waals surface area contributed by atoms with Gasteiger partial charge in [-0.15, -0.1) is 0 Å². The summed E-state index contributed by atoms with van der Waals surface area (Å²) in [5, 5.41) is 0.381. The highest BCUT2D eigenvalue weighted by molar-refractivity contribution is 6.29. The van der Waals surface area contributed by atoms with Gasteiger partial charge in [-0.05, 0) is 62.3 Å². The molecule has 0 unspecified atom stereocenters. The lowest BCUT2D eigenvalue weighted by Crippen LogP contribution is -2.39. The van der Waals surface area contributed by atoms with Crippen LogP contribution in [0.4, 0.5) is 0 Å². The maximum Gasteiger partial charge on any atom is 0.257 e. The van der Waals surface area contributed by atoms with E-state index in [1.54, 1.807) is 12.1 Å². The van der Waals surface area contributed by atoms with Gasteiger partial charge in [0.05, 0.1) is 17.7 Å². The van der Waals surface area contributed by atoms with Crippen LogP contribution in [0.15, 0.2) is 42.6 Å². The smallest absolute Gasteiger partial charge is 0.257 e. The van der Waals surface area contributed by atoms with Gasteiger partial charge in [0.2, 0.25) is 0 Å². The number of para-hydroxylation sites is 1. The third-order valence-corrected chi connectivity index (χ3v) is 6.33. The molecule has 0 atom stereocenters. The fourth-order valence-corrected chi connectivity index (χ4v) is 4.34. The van der Waals surface area contributed by atoms with Crippen molar-refractivity contribution in [3.05, 3.63) is 58.9 Å². The van der Waals surface area contributed by atoms with Crippen molar-refractivity contribution in [1.29, 1.82) is 0 Å². The van der Waals surface area contributed by atoms with E-state index >= 15 is 0 Å². The van der Waals surface area contributed by atoms with Gasteiger partial charge in [0, 0.05) is 32.4 Å². The lowest BCUT2D eigenvalue weighted by molar-refractivity contribution is 0.0652. The maximum atomic E-state index is 12.9. The van der Waals surface area contributed by atoms with Gasteiger partial charge in [0.15, 0.2) is 0 Å². The number of hydrogen-bond donors (Lipinski definition) is 0. The molecule has 164 valence electrons. The number of halogens is 1. The summed E-state index contributed by atoms with van der Waals surface area (Å²) in [4.78, 5) is 33.4. The lowest BCUT2D eigenvalue weighted by Gasteiger charge is -2.32. The Morgan fingerprint density at radius 2 is 1.65 bits per heavy atom. The van der Waals surface area contributed by atoms with Gasteiger partial charge in [-0.1, -0.05) is 23.7 Å². The molecule has 0 radical (unpaired) electrons. The van der Waals surface area contributed by atoms with Crippen LogP contribution in [0.25, 0.3) is 0 Å². The Morgan fingerprint density at radius 3 is 2.35 bits per heavy atom. The molecule has 2 amide bonds. The van der Waals surface area contributed by atoms with E-state index in [1.165, 1.54) is 12.6 Å². The third kappa shape index (κ3) is 5.37. The van der Waals surface area contributed by atoms with Crippen LogP contribution >= 0.6 is 11.6 Å². The van der Waals surface area contributed by atoms with E-state index in [-0.39, 0.29) is 11.8 Å². The minimum atomic E-state index is -0.0130. The highest BCUT2D eigenvalue weighted by Crippen LogP contribution is 2.25. The second-order valence-corrected chi connectivity index (χ2v) is 8.65. The first kappa shape index (κ1) is 21.6.